The van der Waals surface area contributed by atoms with Crippen LogP contribution >= 0.6 is 0 Å². The lowest BCUT2D eigenvalue weighted by Crippen LogP contribution is -2.49. The third-order valence-corrected chi connectivity index (χ3v) is 7.66. The number of nitrogens with zero attached hydrogens (tertiary/aromatic N) is 4. The third kappa shape index (κ3) is 4.26. The Labute approximate surface area is 181 Å². The smallest absolute Gasteiger partial charge is 0.292 e. The van der Waals surface area contributed by atoms with E-state index in [4.69, 9.17) is 0 Å². The molecular formula is C21H24N4O5S. The van der Waals surface area contributed by atoms with Crippen LogP contribution in [0.2, 0.25) is 0 Å². The lowest BCUT2D eigenvalue weighted by Gasteiger charge is -2.35. The van der Waals surface area contributed by atoms with Gasteiger partial charge in [0.05, 0.1) is 9.82 Å². The minimum absolute atomic E-state index is 0.0436. The first-order valence-electron chi connectivity index (χ1n) is 10.3. The van der Waals surface area contributed by atoms with Gasteiger partial charge in [-0.05, 0) is 37.1 Å². The highest BCUT2D eigenvalue weighted by Gasteiger charge is 2.29. The van der Waals surface area contributed by atoms with Crippen LogP contribution in [0.15, 0.2) is 53.4 Å². The molecule has 2 fully saturated rings. The fourth-order valence-electron chi connectivity index (χ4n) is 4.09. The number of anilines is 1. The summed E-state index contributed by atoms with van der Waals surface area (Å²) in [6.45, 7) is 2.73. The summed E-state index contributed by atoms with van der Waals surface area (Å²) in [7, 11) is -3.59. The zero-order chi connectivity index (χ0) is 22.0. The molecule has 4 rings (SSSR count). The normalized spacial score (nSPS) is 17.7. The molecule has 2 aliphatic heterocycles. The second kappa shape index (κ2) is 8.64. The maximum Gasteiger partial charge on any atom is 0.292 e. The molecule has 0 atom stereocenters. The van der Waals surface area contributed by atoms with Gasteiger partial charge in [-0.1, -0.05) is 18.2 Å². The summed E-state index contributed by atoms with van der Waals surface area (Å²) >= 11 is 0. The van der Waals surface area contributed by atoms with Gasteiger partial charge >= 0.3 is 0 Å². The number of piperazine rings is 1. The van der Waals surface area contributed by atoms with Gasteiger partial charge < -0.3 is 9.80 Å². The first-order chi connectivity index (χ1) is 14.9. The molecule has 2 aromatic carbocycles. The Kier molecular flexibility index (Phi) is 5.92. The van der Waals surface area contributed by atoms with Crippen LogP contribution in [-0.4, -0.2) is 67.7 Å². The summed E-state index contributed by atoms with van der Waals surface area (Å²) in [6.07, 6.45) is 1.70. The summed E-state index contributed by atoms with van der Waals surface area (Å²) in [4.78, 5) is 27.6. The van der Waals surface area contributed by atoms with Crippen LogP contribution in [0.25, 0.3) is 0 Å². The van der Waals surface area contributed by atoms with E-state index in [-0.39, 0.29) is 16.5 Å². The quantitative estimate of drug-likeness (QED) is 0.518. The Morgan fingerprint density at radius 3 is 2.26 bits per heavy atom. The van der Waals surface area contributed by atoms with Crippen LogP contribution in [0.4, 0.5) is 11.4 Å². The number of benzene rings is 2. The number of rotatable bonds is 5. The second-order valence-electron chi connectivity index (χ2n) is 7.66. The molecule has 0 aromatic heterocycles. The Balaban J connectivity index is 1.47. The average Bonchev–Trinajstić information content (AvgIpc) is 3.35. The lowest BCUT2D eigenvalue weighted by atomic mass is 10.1. The largest absolute Gasteiger partial charge is 0.362 e. The van der Waals surface area contributed by atoms with E-state index in [1.165, 1.54) is 22.5 Å². The van der Waals surface area contributed by atoms with Crippen LogP contribution in [0.5, 0.6) is 0 Å². The standard InChI is InChI=1S/C21H24N4O5S/c26-21(17-6-5-7-18(16-17)31(29,30)24-10-3-4-11-24)23-14-12-22(13-15-23)19-8-1-2-9-20(19)25(27)28/h1-2,5-9,16H,3-4,10-15H2. The van der Waals surface area contributed by atoms with E-state index in [0.29, 0.717) is 50.5 Å². The summed E-state index contributed by atoms with van der Waals surface area (Å²) in [5.74, 6) is -0.235. The molecule has 0 aliphatic carbocycles. The Morgan fingerprint density at radius 1 is 0.903 bits per heavy atom. The van der Waals surface area contributed by atoms with Gasteiger partial charge in [-0.25, -0.2) is 8.42 Å². The first kappa shape index (κ1) is 21.3. The highest BCUT2D eigenvalue weighted by molar-refractivity contribution is 7.89. The number of carbonyl (C=O) groups is 1. The minimum atomic E-state index is -3.59. The number of hydrogen-bond donors (Lipinski definition) is 0. The predicted octanol–water partition coefficient (Wildman–Crippen LogP) is 2.34. The van der Waals surface area contributed by atoms with Crippen molar-refractivity contribution in [2.45, 2.75) is 17.7 Å². The number of sulfonamides is 1. The zero-order valence-corrected chi connectivity index (χ0v) is 17.8. The van der Waals surface area contributed by atoms with Crippen molar-refractivity contribution < 1.29 is 18.1 Å². The van der Waals surface area contributed by atoms with Gasteiger partial charge in [0.15, 0.2) is 0 Å². The third-order valence-electron chi connectivity index (χ3n) is 5.77. The first-order valence-corrected chi connectivity index (χ1v) is 11.7. The van der Waals surface area contributed by atoms with Crippen molar-refractivity contribution in [1.82, 2.24) is 9.21 Å². The molecule has 2 heterocycles. The van der Waals surface area contributed by atoms with E-state index in [1.54, 1.807) is 35.2 Å². The monoisotopic (exact) mass is 444 g/mol. The SMILES string of the molecule is O=C(c1cccc(S(=O)(=O)N2CCCC2)c1)N1CCN(c2ccccc2[N+](=O)[O-])CC1. The second-order valence-corrected chi connectivity index (χ2v) is 9.60. The molecule has 2 aromatic rings. The highest BCUT2D eigenvalue weighted by Crippen LogP contribution is 2.29. The van der Waals surface area contributed by atoms with Crippen molar-refractivity contribution in [3.8, 4) is 0 Å². The van der Waals surface area contributed by atoms with Gasteiger partial charge in [0, 0.05) is 50.9 Å². The molecular weight excluding hydrogens is 420 g/mol. The van der Waals surface area contributed by atoms with Gasteiger partial charge in [0.2, 0.25) is 10.0 Å². The van der Waals surface area contributed by atoms with Crippen LogP contribution in [0.3, 0.4) is 0 Å². The van der Waals surface area contributed by atoms with Gasteiger partial charge in [-0.3, -0.25) is 14.9 Å². The Morgan fingerprint density at radius 2 is 1.58 bits per heavy atom. The van der Waals surface area contributed by atoms with E-state index >= 15 is 0 Å². The average molecular weight is 445 g/mol. The van der Waals surface area contributed by atoms with Crippen molar-refractivity contribution in [3.05, 3.63) is 64.2 Å². The van der Waals surface area contributed by atoms with Crippen molar-refractivity contribution in [2.75, 3.05) is 44.2 Å². The maximum absolute atomic E-state index is 13.0. The van der Waals surface area contributed by atoms with Gasteiger partial charge in [-0.2, -0.15) is 4.31 Å². The maximum atomic E-state index is 13.0. The predicted molar refractivity (Wildman–Crippen MR) is 116 cm³/mol. The molecule has 0 N–H and O–H groups in total. The summed E-state index contributed by atoms with van der Waals surface area (Å²) < 4.78 is 27.1. The molecule has 0 bridgehead atoms. The Hall–Kier alpha value is -2.98. The van der Waals surface area contributed by atoms with E-state index in [1.807, 2.05) is 4.90 Å². The number of amides is 1. The van der Waals surface area contributed by atoms with Crippen molar-refractivity contribution in [2.24, 2.45) is 0 Å². The summed E-state index contributed by atoms with van der Waals surface area (Å²) in [6, 6.07) is 12.8. The van der Waals surface area contributed by atoms with Crippen LogP contribution < -0.4 is 4.90 Å². The molecule has 0 saturated carbocycles. The molecule has 2 saturated heterocycles. The summed E-state index contributed by atoms with van der Waals surface area (Å²) in [5, 5.41) is 11.3. The molecule has 164 valence electrons. The van der Waals surface area contributed by atoms with Crippen molar-refractivity contribution >= 4 is 27.3 Å². The van der Waals surface area contributed by atoms with Crippen LogP contribution in [-0.2, 0) is 10.0 Å². The van der Waals surface area contributed by atoms with Crippen LogP contribution in [0, 0.1) is 10.1 Å². The van der Waals surface area contributed by atoms with E-state index in [0.717, 1.165) is 12.8 Å². The van der Waals surface area contributed by atoms with E-state index in [9.17, 15) is 23.3 Å². The molecule has 31 heavy (non-hydrogen) atoms. The van der Waals surface area contributed by atoms with Gasteiger partial charge in [0.1, 0.15) is 5.69 Å². The number of nitro groups is 1. The molecule has 10 heteroatoms. The highest BCUT2D eigenvalue weighted by atomic mass is 32.2. The molecule has 0 radical (unpaired) electrons. The van der Waals surface area contributed by atoms with E-state index in [2.05, 4.69) is 0 Å². The number of hydrogen-bond acceptors (Lipinski definition) is 6. The number of carbonyl (C=O) groups excluding carboxylic acids is 1. The van der Waals surface area contributed by atoms with Crippen LogP contribution in [0.1, 0.15) is 23.2 Å². The minimum Gasteiger partial charge on any atom is -0.362 e. The van der Waals surface area contributed by atoms with Gasteiger partial charge in [-0.15, -0.1) is 0 Å². The summed E-state index contributed by atoms with van der Waals surface area (Å²) in [5.41, 5.74) is 0.916. The van der Waals surface area contributed by atoms with Crippen molar-refractivity contribution in [1.29, 1.82) is 0 Å². The molecule has 9 nitrogen and oxygen atoms in total. The molecule has 2 aliphatic rings. The molecule has 1 amide bonds. The Bertz CT molecular complexity index is 1090. The number of nitro benzene ring substituents is 1. The molecule has 0 spiro atoms. The fraction of sp³-hybridized carbons (Fsp3) is 0.381. The topological polar surface area (TPSA) is 104 Å². The molecule has 0 unspecified atom stereocenters. The number of para-hydroxylation sites is 2. The fourth-order valence-corrected chi connectivity index (χ4v) is 5.65. The zero-order valence-electron chi connectivity index (χ0n) is 17.0. The van der Waals surface area contributed by atoms with Crippen molar-refractivity contribution in [3.63, 3.8) is 0 Å². The van der Waals surface area contributed by atoms with E-state index < -0.39 is 14.9 Å². The van der Waals surface area contributed by atoms with Gasteiger partial charge in [0.25, 0.3) is 11.6 Å². The lowest BCUT2D eigenvalue weighted by molar-refractivity contribution is -0.384.